The van der Waals surface area contributed by atoms with E-state index in [0.717, 1.165) is 38.9 Å². The van der Waals surface area contributed by atoms with E-state index in [1.807, 2.05) is 37.3 Å². The van der Waals surface area contributed by atoms with Gasteiger partial charge in [0.2, 0.25) is 5.91 Å². The molecule has 0 aliphatic heterocycles. The maximum Gasteiger partial charge on any atom is 0.265 e. The van der Waals surface area contributed by atoms with Crippen LogP contribution in [0.25, 0.3) is 38.8 Å². The van der Waals surface area contributed by atoms with Crippen molar-refractivity contribution in [3.63, 3.8) is 0 Å². The normalized spacial score (nSPS) is 12.4. The summed E-state index contributed by atoms with van der Waals surface area (Å²) in [5.74, 6) is -1.03. The number of nitrogens with zero attached hydrogens (tertiary/aromatic N) is 3. The Morgan fingerprint density at radius 2 is 1.85 bits per heavy atom. The molecule has 1 aliphatic carbocycles. The number of benzene rings is 3. The molecule has 1 aliphatic rings. The van der Waals surface area contributed by atoms with Crippen LogP contribution in [0.1, 0.15) is 46.6 Å². The van der Waals surface area contributed by atoms with E-state index >= 15 is 0 Å². The Bertz CT molecular complexity index is 1900. The summed E-state index contributed by atoms with van der Waals surface area (Å²) in [4.78, 5) is 34.5. The zero-order chi connectivity index (χ0) is 27.6. The third kappa shape index (κ3) is 3.92. The van der Waals surface area contributed by atoms with Gasteiger partial charge >= 0.3 is 0 Å². The largest absolute Gasteiger partial charge is 0.384 e. The Kier molecular flexibility index (Phi) is 5.48. The number of carbonyl (C=O) groups excluding carboxylic acids is 1. The summed E-state index contributed by atoms with van der Waals surface area (Å²) in [6.07, 6.45) is 3.67. The van der Waals surface area contributed by atoms with Crippen molar-refractivity contribution < 1.29 is 14.3 Å². The number of fused-ring (bicyclic) bond motifs is 4. The van der Waals surface area contributed by atoms with E-state index in [1.54, 1.807) is 26.1 Å². The van der Waals surface area contributed by atoms with Gasteiger partial charge in [-0.25, -0.2) is 9.37 Å². The molecule has 0 atom stereocenters. The third-order valence-electron chi connectivity index (χ3n) is 7.40. The van der Waals surface area contributed by atoms with E-state index < -0.39 is 17.3 Å². The van der Waals surface area contributed by atoms with Crippen molar-refractivity contribution >= 4 is 16.8 Å². The van der Waals surface area contributed by atoms with Crippen LogP contribution in [0.4, 0.5) is 4.39 Å². The van der Waals surface area contributed by atoms with Gasteiger partial charge in [0.1, 0.15) is 17.7 Å². The predicted octanol–water partition coefficient (Wildman–Crippen LogP) is 4.79. The van der Waals surface area contributed by atoms with Gasteiger partial charge in [-0.1, -0.05) is 18.2 Å². The summed E-state index contributed by atoms with van der Waals surface area (Å²) in [5.41, 5.74) is 12.1. The van der Waals surface area contributed by atoms with E-state index in [4.69, 9.17) is 5.73 Å². The lowest BCUT2D eigenvalue weighted by Gasteiger charge is -2.19. The van der Waals surface area contributed by atoms with Crippen molar-refractivity contribution in [2.45, 2.75) is 32.8 Å². The minimum Gasteiger partial charge on any atom is -0.384 e. The highest BCUT2D eigenvalue weighted by Crippen LogP contribution is 2.46. The molecule has 39 heavy (non-hydrogen) atoms. The van der Waals surface area contributed by atoms with Crippen LogP contribution in [0, 0.1) is 12.7 Å². The molecular formula is C31H25FN4O3. The van der Waals surface area contributed by atoms with Crippen LogP contribution in [0.15, 0.2) is 71.9 Å². The van der Waals surface area contributed by atoms with Crippen molar-refractivity contribution in [1.29, 1.82) is 0 Å². The van der Waals surface area contributed by atoms with Crippen LogP contribution in [0.2, 0.25) is 0 Å². The van der Waals surface area contributed by atoms with Crippen LogP contribution in [-0.2, 0) is 12.0 Å². The molecule has 3 aromatic carbocycles. The fourth-order valence-electron chi connectivity index (χ4n) is 5.42. The summed E-state index contributed by atoms with van der Waals surface area (Å²) in [5, 5.41) is 10.8. The number of halogens is 1. The first-order valence-electron chi connectivity index (χ1n) is 12.5. The number of aliphatic hydroxyl groups is 1. The molecule has 2 heterocycles. The predicted molar refractivity (Wildman–Crippen MR) is 147 cm³/mol. The van der Waals surface area contributed by atoms with Crippen molar-refractivity contribution in [3.8, 4) is 27.9 Å². The summed E-state index contributed by atoms with van der Waals surface area (Å²) in [7, 11) is 0. The van der Waals surface area contributed by atoms with Gasteiger partial charge in [0.15, 0.2) is 0 Å². The van der Waals surface area contributed by atoms with Gasteiger partial charge in [0.05, 0.1) is 22.3 Å². The first kappa shape index (κ1) is 24.6. The molecule has 2 aromatic heterocycles. The molecule has 0 radical (unpaired) electrons. The fraction of sp³-hybridized carbons (Fsp3) is 0.161. The van der Waals surface area contributed by atoms with Gasteiger partial charge in [-0.15, -0.1) is 0 Å². The quantitative estimate of drug-likeness (QED) is 0.347. The maximum atomic E-state index is 13.9. The van der Waals surface area contributed by atoms with Crippen molar-refractivity contribution in [2.75, 3.05) is 0 Å². The zero-order valence-electron chi connectivity index (χ0n) is 21.6. The molecule has 194 valence electrons. The van der Waals surface area contributed by atoms with Gasteiger partial charge in [-0.05, 0) is 96.1 Å². The number of hydrogen-bond donors (Lipinski definition) is 2. The average Bonchev–Trinajstić information content (AvgIpc) is 3.28. The second kappa shape index (κ2) is 8.68. The van der Waals surface area contributed by atoms with Gasteiger partial charge in [0, 0.05) is 18.2 Å². The Labute approximate surface area is 223 Å². The van der Waals surface area contributed by atoms with Crippen LogP contribution in [0.3, 0.4) is 0 Å². The van der Waals surface area contributed by atoms with Crippen LogP contribution < -0.4 is 11.3 Å². The Morgan fingerprint density at radius 1 is 1.05 bits per heavy atom. The molecule has 0 spiro atoms. The standard InChI is InChI=1S/C31H25FN4O3/c1-16-19(5-4-6-26(16)36-15-35-25-10-7-18(32)12-24(25)30(36)38)20-8-9-21(29(33)37)23-11-17-14-34-27(31(2,3)39)13-22(17)28(20)23/h4-10,12-15,39H,11H2,1-3H3,(H2,33,37). The highest BCUT2D eigenvalue weighted by Gasteiger charge is 2.30. The number of amides is 1. The molecule has 1 amide bonds. The Balaban J connectivity index is 1.60. The molecule has 3 N–H and O–H groups in total. The van der Waals surface area contributed by atoms with Crippen LogP contribution in [-0.4, -0.2) is 25.5 Å². The lowest BCUT2D eigenvalue weighted by atomic mass is 9.88. The topological polar surface area (TPSA) is 111 Å². The van der Waals surface area contributed by atoms with Gasteiger partial charge < -0.3 is 10.8 Å². The molecule has 0 saturated carbocycles. The lowest BCUT2D eigenvalue weighted by molar-refractivity contribution is 0.0739. The molecule has 8 heteroatoms. The summed E-state index contributed by atoms with van der Waals surface area (Å²) in [6, 6.07) is 15.0. The van der Waals surface area contributed by atoms with Crippen molar-refractivity contribution in [2.24, 2.45) is 5.73 Å². The van der Waals surface area contributed by atoms with E-state index in [-0.39, 0.29) is 10.9 Å². The number of carbonyl (C=O) groups is 1. The van der Waals surface area contributed by atoms with Crippen LogP contribution in [0.5, 0.6) is 0 Å². The van der Waals surface area contributed by atoms with E-state index in [0.29, 0.717) is 28.9 Å². The second-order valence-electron chi connectivity index (χ2n) is 10.4. The molecule has 7 nitrogen and oxygen atoms in total. The smallest absolute Gasteiger partial charge is 0.265 e. The number of hydrogen-bond acceptors (Lipinski definition) is 5. The van der Waals surface area contributed by atoms with E-state index in [1.165, 1.54) is 29.1 Å². The van der Waals surface area contributed by atoms with Gasteiger partial charge in [-0.3, -0.25) is 19.1 Å². The molecular weight excluding hydrogens is 495 g/mol. The zero-order valence-corrected chi connectivity index (χ0v) is 21.6. The van der Waals surface area contributed by atoms with Gasteiger partial charge in [0.25, 0.3) is 5.56 Å². The minimum atomic E-state index is -1.15. The number of pyridine rings is 1. The maximum absolute atomic E-state index is 13.9. The number of rotatable bonds is 4. The SMILES string of the molecule is Cc1c(-c2ccc(C(N)=O)c3c2-c2cc(C(C)(C)O)ncc2C3)cccc1-n1cnc2ccc(F)cc2c1=O. The summed E-state index contributed by atoms with van der Waals surface area (Å²) >= 11 is 0. The fourth-order valence-corrected chi connectivity index (χ4v) is 5.42. The number of primary amides is 1. The molecule has 0 fully saturated rings. The highest BCUT2D eigenvalue weighted by atomic mass is 19.1. The van der Waals surface area contributed by atoms with E-state index in [9.17, 15) is 19.1 Å². The molecule has 0 bridgehead atoms. The Morgan fingerprint density at radius 3 is 2.59 bits per heavy atom. The first-order valence-corrected chi connectivity index (χ1v) is 12.5. The Hall–Kier alpha value is -4.69. The number of nitrogens with two attached hydrogens (primary N) is 1. The number of aromatic nitrogens is 3. The molecule has 5 aromatic rings. The second-order valence-corrected chi connectivity index (χ2v) is 10.4. The molecule has 0 unspecified atom stereocenters. The minimum absolute atomic E-state index is 0.189. The first-order chi connectivity index (χ1) is 18.5. The van der Waals surface area contributed by atoms with Crippen molar-refractivity contribution in [1.82, 2.24) is 14.5 Å². The average molecular weight is 521 g/mol. The highest BCUT2D eigenvalue weighted by molar-refractivity contribution is 6.02. The van der Waals surface area contributed by atoms with E-state index in [2.05, 4.69) is 9.97 Å². The summed E-state index contributed by atoms with van der Waals surface area (Å²) < 4.78 is 15.3. The summed E-state index contributed by atoms with van der Waals surface area (Å²) in [6.45, 7) is 5.26. The van der Waals surface area contributed by atoms with Gasteiger partial charge in [-0.2, -0.15) is 0 Å². The molecule has 0 saturated heterocycles. The van der Waals surface area contributed by atoms with Crippen LogP contribution >= 0.6 is 0 Å². The monoisotopic (exact) mass is 520 g/mol. The van der Waals surface area contributed by atoms with Crippen molar-refractivity contribution in [3.05, 3.63) is 111 Å². The molecule has 6 rings (SSSR count). The third-order valence-corrected chi connectivity index (χ3v) is 7.40. The lowest BCUT2D eigenvalue weighted by Crippen LogP contribution is -2.20.